The minimum Gasteiger partial charge on any atom is -0.388 e. The Balaban J connectivity index is 1.82. The molecular formula is C14H23N3O3. The first-order valence-corrected chi connectivity index (χ1v) is 7.16. The van der Waals surface area contributed by atoms with Crippen molar-refractivity contribution in [3.63, 3.8) is 0 Å². The van der Waals surface area contributed by atoms with Crippen LogP contribution in [0.15, 0.2) is 12.4 Å². The molecule has 2 atom stereocenters. The number of amides is 1. The highest BCUT2D eigenvalue weighted by Gasteiger charge is 2.33. The quantitative estimate of drug-likeness (QED) is 0.828. The van der Waals surface area contributed by atoms with Gasteiger partial charge in [-0.2, -0.15) is 0 Å². The van der Waals surface area contributed by atoms with E-state index in [1.807, 2.05) is 24.6 Å². The molecule has 1 amide bonds. The number of imidazole rings is 1. The normalized spacial score (nSPS) is 22.1. The molecule has 0 unspecified atom stereocenters. The second-order valence-electron chi connectivity index (χ2n) is 5.12. The Bertz CT molecular complexity index is 447. The summed E-state index contributed by atoms with van der Waals surface area (Å²) in [6.07, 6.45) is 4.38. The van der Waals surface area contributed by atoms with Crippen molar-refractivity contribution in [2.45, 2.75) is 45.4 Å². The summed E-state index contributed by atoms with van der Waals surface area (Å²) < 4.78 is 7.26. The van der Waals surface area contributed by atoms with E-state index in [1.165, 1.54) is 0 Å². The second-order valence-corrected chi connectivity index (χ2v) is 5.12. The third kappa shape index (κ3) is 3.37. The van der Waals surface area contributed by atoms with Gasteiger partial charge in [-0.25, -0.2) is 4.98 Å². The largest absolute Gasteiger partial charge is 0.388 e. The number of aliphatic hydroxyl groups is 1. The summed E-state index contributed by atoms with van der Waals surface area (Å²) in [6, 6.07) is -0.192. The van der Waals surface area contributed by atoms with Crippen LogP contribution in [0.25, 0.3) is 0 Å². The van der Waals surface area contributed by atoms with Crippen LogP contribution in [-0.4, -0.2) is 57.4 Å². The summed E-state index contributed by atoms with van der Waals surface area (Å²) in [5, 5.41) is 9.82. The smallest absolute Gasteiger partial charge is 0.223 e. The molecular weight excluding hydrogens is 258 g/mol. The van der Waals surface area contributed by atoms with Crippen LogP contribution in [0.5, 0.6) is 0 Å². The van der Waals surface area contributed by atoms with Crippen molar-refractivity contribution in [2.75, 3.05) is 19.8 Å². The van der Waals surface area contributed by atoms with E-state index in [1.54, 1.807) is 11.1 Å². The van der Waals surface area contributed by atoms with Gasteiger partial charge in [-0.15, -0.1) is 0 Å². The number of carbonyl (C=O) groups excluding carboxylic acids is 1. The Morgan fingerprint density at radius 1 is 1.60 bits per heavy atom. The molecule has 6 nitrogen and oxygen atoms in total. The molecule has 20 heavy (non-hydrogen) atoms. The highest BCUT2D eigenvalue weighted by Crippen LogP contribution is 2.15. The Morgan fingerprint density at radius 2 is 2.40 bits per heavy atom. The third-order valence-electron chi connectivity index (χ3n) is 3.80. The number of aryl methyl sites for hydroxylation is 2. The molecule has 0 radical (unpaired) electrons. The molecule has 1 fully saturated rings. The lowest BCUT2D eigenvalue weighted by Gasteiger charge is -2.28. The lowest BCUT2D eigenvalue weighted by molar-refractivity contribution is -0.135. The summed E-state index contributed by atoms with van der Waals surface area (Å²) >= 11 is 0. The SMILES string of the molecule is CCN(C(=O)CCCn1ccnc1C)[C@@H]1COC[C@H]1O. The lowest BCUT2D eigenvalue weighted by atomic mass is 10.1. The number of likely N-dealkylation sites (N-methyl/N-ethyl adjacent to an activating group) is 1. The maximum atomic E-state index is 12.3. The van der Waals surface area contributed by atoms with E-state index in [0.29, 0.717) is 26.2 Å². The highest BCUT2D eigenvalue weighted by molar-refractivity contribution is 5.76. The Labute approximate surface area is 119 Å². The molecule has 2 rings (SSSR count). The van der Waals surface area contributed by atoms with Crippen LogP contribution in [0, 0.1) is 6.92 Å². The Kier molecular flexibility index (Phi) is 5.14. The first kappa shape index (κ1) is 15.0. The number of carbonyl (C=O) groups is 1. The average Bonchev–Trinajstić information content (AvgIpc) is 3.01. The van der Waals surface area contributed by atoms with Gasteiger partial charge < -0.3 is 19.3 Å². The Hall–Kier alpha value is -1.40. The molecule has 6 heteroatoms. The highest BCUT2D eigenvalue weighted by atomic mass is 16.5. The van der Waals surface area contributed by atoms with E-state index in [0.717, 1.165) is 18.8 Å². The first-order chi connectivity index (χ1) is 9.63. The zero-order valence-corrected chi connectivity index (χ0v) is 12.2. The van der Waals surface area contributed by atoms with Crippen molar-refractivity contribution in [1.82, 2.24) is 14.5 Å². The lowest BCUT2D eigenvalue weighted by Crippen LogP contribution is -2.46. The van der Waals surface area contributed by atoms with E-state index >= 15 is 0 Å². The predicted molar refractivity (Wildman–Crippen MR) is 74.2 cm³/mol. The molecule has 1 aromatic rings. The summed E-state index contributed by atoms with van der Waals surface area (Å²) in [6.45, 7) is 6.03. The number of aromatic nitrogens is 2. The van der Waals surface area contributed by atoms with Crippen molar-refractivity contribution >= 4 is 5.91 Å². The van der Waals surface area contributed by atoms with Crippen molar-refractivity contribution in [3.05, 3.63) is 18.2 Å². The fourth-order valence-corrected chi connectivity index (χ4v) is 2.61. The molecule has 0 aliphatic carbocycles. The standard InChI is InChI=1S/C14H23N3O3/c1-3-17(12-9-20-10-13(12)18)14(19)5-4-7-16-8-6-15-11(16)2/h6,8,12-13,18H,3-5,7,9-10H2,1-2H3/t12-,13-/m1/s1. The number of aliphatic hydroxyl groups excluding tert-OH is 1. The molecule has 1 aliphatic heterocycles. The van der Waals surface area contributed by atoms with E-state index in [9.17, 15) is 9.90 Å². The van der Waals surface area contributed by atoms with Gasteiger partial charge in [0, 0.05) is 31.9 Å². The van der Waals surface area contributed by atoms with Crippen molar-refractivity contribution in [3.8, 4) is 0 Å². The zero-order chi connectivity index (χ0) is 14.5. The van der Waals surface area contributed by atoms with Crippen molar-refractivity contribution in [2.24, 2.45) is 0 Å². The van der Waals surface area contributed by atoms with Crippen LogP contribution in [0.3, 0.4) is 0 Å². The van der Waals surface area contributed by atoms with Gasteiger partial charge in [0.2, 0.25) is 5.91 Å². The summed E-state index contributed by atoms with van der Waals surface area (Å²) in [7, 11) is 0. The van der Waals surface area contributed by atoms with Gasteiger partial charge in [0.1, 0.15) is 5.82 Å². The maximum Gasteiger partial charge on any atom is 0.223 e. The van der Waals surface area contributed by atoms with Crippen LogP contribution < -0.4 is 0 Å². The van der Waals surface area contributed by atoms with E-state index in [4.69, 9.17) is 4.74 Å². The molecule has 0 spiro atoms. The minimum atomic E-state index is -0.560. The molecule has 1 N–H and O–H groups in total. The number of hydrogen-bond acceptors (Lipinski definition) is 4. The molecule has 0 saturated carbocycles. The Morgan fingerprint density at radius 3 is 2.95 bits per heavy atom. The van der Waals surface area contributed by atoms with Crippen LogP contribution in [-0.2, 0) is 16.1 Å². The molecule has 0 aromatic carbocycles. The number of ether oxygens (including phenoxy) is 1. The number of rotatable bonds is 6. The number of nitrogens with zero attached hydrogens (tertiary/aromatic N) is 3. The fourth-order valence-electron chi connectivity index (χ4n) is 2.61. The van der Waals surface area contributed by atoms with Crippen LogP contribution >= 0.6 is 0 Å². The van der Waals surface area contributed by atoms with E-state index in [-0.39, 0.29) is 11.9 Å². The first-order valence-electron chi connectivity index (χ1n) is 7.16. The van der Waals surface area contributed by atoms with Gasteiger partial charge >= 0.3 is 0 Å². The summed E-state index contributed by atoms with van der Waals surface area (Å²) in [5.74, 6) is 1.05. The van der Waals surface area contributed by atoms with Gasteiger partial charge in [-0.3, -0.25) is 4.79 Å². The van der Waals surface area contributed by atoms with Gasteiger partial charge in [-0.05, 0) is 20.3 Å². The monoisotopic (exact) mass is 281 g/mol. The molecule has 1 saturated heterocycles. The van der Waals surface area contributed by atoms with E-state index in [2.05, 4.69) is 4.98 Å². The number of hydrogen-bond donors (Lipinski definition) is 1. The molecule has 0 bridgehead atoms. The minimum absolute atomic E-state index is 0.0832. The van der Waals surface area contributed by atoms with Crippen LogP contribution in [0.4, 0.5) is 0 Å². The summed E-state index contributed by atoms with van der Waals surface area (Å²) in [4.78, 5) is 18.1. The van der Waals surface area contributed by atoms with Gasteiger partial charge in [0.15, 0.2) is 0 Å². The molecule has 1 aromatic heterocycles. The maximum absolute atomic E-state index is 12.3. The topological polar surface area (TPSA) is 67.6 Å². The van der Waals surface area contributed by atoms with Crippen LogP contribution in [0.1, 0.15) is 25.6 Å². The second kappa shape index (κ2) is 6.85. The van der Waals surface area contributed by atoms with Crippen molar-refractivity contribution < 1.29 is 14.6 Å². The molecule has 2 heterocycles. The average molecular weight is 281 g/mol. The van der Waals surface area contributed by atoms with Gasteiger partial charge in [-0.1, -0.05) is 0 Å². The fraction of sp³-hybridized carbons (Fsp3) is 0.714. The molecule has 1 aliphatic rings. The zero-order valence-electron chi connectivity index (χ0n) is 12.2. The third-order valence-corrected chi connectivity index (χ3v) is 3.80. The predicted octanol–water partition coefficient (Wildman–Crippen LogP) is 0.580. The molecule has 112 valence electrons. The van der Waals surface area contributed by atoms with Crippen LogP contribution in [0.2, 0.25) is 0 Å². The van der Waals surface area contributed by atoms with Crippen molar-refractivity contribution in [1.29, 1.82) is 0 Å². The van der Waals surface area contributed by atoms with E-state index < -0.39 is 6.10 Å². The van der Waals surface area contributed by atoms with Gasteiger partial charge in [0.25, 0.3) is 0 Å². The van der Waals surface area contributed by atoms with Gasteiger partial charge in [0.05, 0.1) is 25.4 Å². The summed E-state index contributed by atoms with van der Waals surface area (Å²) in [5.41, 5.74) is 0.